The number of carbonyl (C=O) groups excluding carboxylic acids is 2. The SMILES string of the molecule is COc1cccc(CC(=O)Nc2cccc(N3CCCC3=O)c2)c1. The van der Waals surface area contributed by atoms with Crippen LogP contribution < -0.4 is 15.0 Å². The maximum Gasteiger partial charge on any atom is 0.228 e. The highest BCUT2D eigenvalue weighted by Crippen LogP contribution is 2.24. The van der Waals surface area contributed by atoms with E-state index in [1.807, 2.05) is 48.5 Å². The number of ether oxygens (including phenoxy) is 1. The number of nitrogens with one attached hydrogen (secondary N) is 1. The molecular weight excluding hydrogens is 304 g/mol. The third-order valence-corrected chi connectivity index (χ3v) is 4.01. The van der Waals surface area contributed by atoms with E-state index in [1.165, 1.54) is 0 Å². The van der Waals surface area contributed by atoms with Crippen molar-refractivity contribution in [2.24, 2.45) is 0 Å². The van der Waals surface area contributed by atoms with E-state index in [4.69, 9.17) is 4.74 Å². The fourth-order valence-corrected chi connectivity index (χ4v) is 2.85. The molecule has 0 atom stereocenters. The second kappa shape index (κ2) is 7.17. The molecule has 1 aliphatic heterocycles. The van der Waals surface area contributed by atoms with E-state index in [2.05, 4.69) is 5.32 Å². The monoisotopic (exact) mass is 324 g/mol. The molecule has 0 aliphatic carbocycles. The van der Waals surface area contributed by atoms with Crippen molar-refractivity contribution in [1.29, 1.82) is 0 Å². The minimum absolute atomic E-state index is 0.104. The number of anilines is 2. The Bertz CT molecular complexity index is 758. The van der Waals surface area contributed by atoms with Gasteiger partial charge in [-0.15, -0.1) is 0 Å². The predicted octanol–water partition coefficient (Wildman–Crippen LogP) is 3.00. The highest BCUT2D eigenvalue weighted by Gasteiger charge is 2.21. The molecule has 5 nitrogen and oxygen atoms in total. The standard InChI is InChI=1S/C19H20N2O3/c1-24-17-8-2-5-14(11-17)12-18(22)20-15-6-3-7-16(13-15)21-10-4-9-19(21)23/h2-3,5-8,11,13H,4,9-10,12H2,1H3,(H,20,22). The lowest BCUT2D eigenvalue weighted by Crippen LogP contribution is -2.23. The van der Waals surface area contributed by atoms with Gasteiger partial charge < -0.3 is 15.0 Å². The van der Waals surface area contributed by atoms with E-state index in [1.54, 1.807) is 12.0 Å². The number of rotatable bonds is 5. The highest BCUT2D eigenvalue weighted by molar-refractivity contribution is 5.97. The van der Waals surface area contributed by atoms with Crippen LogP contribution in [0.15, 0.2) is 48.5 Å². The summed E-state index contributed by atoms with van der Waals surface area (Å²) in [7, 11) is 1.60. The molecule has 2 aromatic rings. The number of carbonyl (C=O) groups is 2. The van der Waals surface area contributed by atoms with Gasteiger partial charge in [0.25, 0.3) is 0 Å². The minimum Gasteiger partial charge on any atom is -0.497 e. The van der Waals surface area contributed by atoms with Crippen LogP contribution >= 0.6 is 0 Å². The van der Waals surface area contributed by atoms with Gasteiger partial charge in [0.15, 0.2) is 0 Å². The molecule has 0 unspecified atom stereocenters. The van der Waals surface area contributed by atoms with Crippen molar-refractivity contribution in [1.82, 2.24) is 0 Å². The van der Waals surface area contributed by atoms with Gasteiger partial charge >= 0.3 is 0 Å². The van der Waals surface area contributed by atoms with Gasteiger partial charge in [0.2, 0.25) is 11.8 Å². The second-order valence-electron chi connectivity index (χ2n) is 5.78. The summed E-state index contributed by atoms with van der Waals surface area (Å²) in [4.78, 5) is 25.8. The molecule has 0 bridgehead atoms. The molecule has 0 radical (unpaired) electrons. The molecule has 1 N–H and O–H groups in total. The predicted molar refractivity (Wildman–Crippen MR) is 93.4 cm³/mol. The van der Waals surface area contributed by atoms with Crippen molar-refractivity contribution in [2.75, 3.05) is 23.9 Å². The van der Waals surface area contributed by atoms with Crippen molar-refractivity contribution >= 4 is 23.2 Å². The minimum atomic E-state index is -0.104. The smallest absolute Gasteiger partial charge is 0.228 e. The topological polar surface area (TPSA) is 58.6 Å². The number of benzene rings is 2. The van der Waals surface area contributed by atoms with Crippen molar-refractivity contribution in [2.45, 2.75) is 19.3 Å². The molecule has 2 aromatic carbocycles. The first-order valence-electron chi connectivity index (χ1n) is 7.99. The van der Waals surface area contributed by atoms with E-state index < -0.39 is 0 Å². The lowest BCUT2D eigenvalue weighted by atomic mass is 10.1. The van der Waals surface area contributed by atoms with Crippen LogP contribution in [0.4, 0.5) is 11.4 Å². The van der Waals surface area contributed by atoms with Crippen LogP contribution in [0.3, 0.4) is 0 Å². The first kappa shape index (κ1) is 16.1. The van der Waals surface area contributed by atoms with E-state index in [0.717, 1.165) is 30.0 Å². The molecule has 1 heterocycles. The zero-order valence-electron chi connectivity index (χ0n) is 13.6. The molecule has 3 rings (SSSR count). The molecule has 1 fully saturated rings. The molecule has 2 amide bonds. The molecule has 0 spiro atoms. The van der Waals surface area contributed by atoms with Crippen LogP contribution in [0.25, 0.3) is 0 Å². The molecule has 0 saturated carbocycles. The Morgan fingerprint density at radius 3 is 2.79 bits per heavy atom. The second-order valence-corrected chi connectivity index (χ2v) is 5.78. The van der Waals surface area contributed by atoms with Gasteiger partial charge in [-0.3, -0.25) is 9.59 Å². The average Bonchev–Trinajstić information content (AvgIpc) is 3.01. The summed E-state index contributed by atoms with van der Waals surface area (Å²) in [5, 5.41) is 2.89. The third kappa shape index (κ3) is 3.74. The Kier molecular flexibility index (Phi) is 4.79. The number of nitrogens with zero attached hydrogens (tertiary/aromatic N) is 1. The van der Waals surface area contributed by atoms with Gasteiger partial charge in [-0.1, -0.05) is 18.2 Å². The quantitative estimate of drug-likeness (QED) is 0.920. The van der Waals surface area contributed by atoms with E-state index in [-0.39, 0.29) is 18.2 Å². The van der Waals surface area contributed by atoms with Gasteiger partial charge in [0.1, 0.15) is 5.75 Å². The number of hydrogen-bond acceptors (Lipinski definition) is 3. The van der Waals surface area contributed by atoms with E-state index in [9.17, 15) is 9.59 Å². The van der Waals surface area contributed by atoms with Crippen LogP contribution in [-0.2, 0) is 16.0 Å². The Morgan fingerprint density at radius 1 is 1.21 bits per heavy atom. The summed E-state index contributed by atoms with van der Waals surface area (Å²) in [6.45, 7) is 0.736. The number of amides is 2. The normalized spacial score (nSPS) is 13.9. The molecular formula is C19H20N2O3. The van der Waals surface area contributed by atoms with Crippen LogP contribution in [0, 0.1) is 0 Å². The average molecular weight is 324 g/mol. The Labute approximate surface area is 141 Å². The zero-order valence-corrected chi connectivity index (χ0v) is 13.6. The molecule has 1 aliphatic rings. The van der Waals surface area contributed by atoms with E-state index >= 15 is 0 Å². The third-order valence-electron chi connectivity index (χ3n) is 4.01. The van der Waals surface area contributed by atoms with Crippen molar-refractivity contribution in [3.63, 3.8) is 0 Å². The van der Waals surface area contributed by atoms with Crippen LogP contribution in [0.1, 0.15) is 18.4 Å². The van der Waals surface area contributed by atoms with Gasteiger partial charge in [0, 0.05) is 24.3 Å². The molecule has 1 saturated heterocycles. The van der Waals surface area contributed by atoms with Crippen molar-refractivity contribution < 1.29 is 14.3 Å². The first-order valence-corrected chi connectivity index (χ1v) is 7.99. The Morgan fingerprint density at radius 2 is 2.04 bits per heavy atom. The summed E-state index contributed by atoms with van der Waals surface area (Å²) in [6, 6.07) is 14.8. The molecule has 5 heteroatoms. The number of hydrogen-bond donors (Lipinski definition) is 1. The lowest BCUT2D eigenvalue weighted by molar-refractivity contribution is -0.117. The van der Waals surface area contributed by atoms with Gasteiger partial charge in [0.05, 0.1) is 13.5 Å². The maximum atomic E-state index is 12.2. The van der Waals surface area contributed by atoms with Gasteiger partial charge in [-0.25, -0.2) is 0 Å². The molecule has 24 heavy (non-hydrogen) atoms. The Balaban J connectivity index is 1.67. The number of methoxy groups -OCH3 is 1. The van der Waals surface area contributed by atoms with E-state index in [0.29, 0.717) is 12.1 Å². The van der Waals surface area contributed by atoms with Crippen LogP contribution in [-0.4, -0.2) is 25.5 Å². The summed E-state index contributed by atoms with van der Waals surface area (Å²) >= 11 is 0. The fourth-order valence-electron chi connectivity index (χ4n) is 2.85. The summed E-state index contributed by atoms with van der Waals surface area (Å²) in [5.41, 5.74) is 2.41. The van der Waals surface area contributed by atoms with Gasteiger partial charge in [-0.05, 0) is 42.3 Å². The first-order chi connectivity index (χ1) is 11.7. The summed E-state index contributed by atoms with van der Waals surface area (Å²) in [5.74, 6) is 0.762. The summed E-state index contributed by atoms with van der Waals surface area (Å²) in [6.07, 6.45) is 1.74. The zero-order chi connectivity index (χ0) is 16.9. The summed E-state index contributed by atoms with van der Waals surface area (Å²) < 4.78 is 5.17. The van der Waals surface area contributed by atoms with Crippen molar-refractivity contribution in [3.8, 4) is 5.75 Å². The van der Waals surface area contributed by atoms with Crippen LogP contribution in [0.5, 0.6) is 5.75 Å². The lowest BCUT2D eigenvalue weighted by Gasteiger charge is -2.16. The Hall–Kier alpha value is -2.82. The fraction of sp³-hybridized carbons (Fsp3) is 0.263. The van der Waals surface area contributed by atoms with Crippen molar-refractivity contribution in [3.05, 3.63) is 54.1 Å². The molecule has 0 aromatic heterocycles. The largest absolute Gasteiger partial charge is 0.497 e. The highest BCUT2D eigenvalue weighted by atomic mass is 16.5. The molecule has 124 valence electrons. The maximum absolute atomic E-state index is 12.2. The van der Waals surface area contributed by atoms with Crippen LogP contribution in [0.2, 0.25) is 0 Å². The van der Waals surface area contributed by atoms with Gasteiger partial charge in [-0.2, -0.15) is 0 Å².